The molecule has 0 unspecified atom stereocenters. The molecular formula is C34H46O2Zr. The van der Waals surface area contributed by atoms with Crippen molar-refractivity contribution in [3.63, 3.8) is 0 Å². The molecule has 0 bridgehead atoms. The summed E-state index contributed by atoms with van der Waals surface area (Å²) in [6.07, 6.45) is 8.63. The SMILES string of the molecule is CC(C)c1ccccc1O.CC(C)c1ccccc1O.CC1=[C-]CC(C)=C1C.CC1=[C-]CC(C)=C1C.[Zr+2]. The fraction of sp³-hybridized carbons (Fsp3) is 0.412. The summed E-state index contributed by atoms with van der Waals surface area (Å²) in [5.41, 5.74) is 10.5. The predicted molar refractivity (Wildman–Crippen MR) is 155 cm³/mol. The number of hydrogen-bond donors (Lipinski definition) is 2. The summed E-state index contributed by atoms with van der Waals surface area (Å²) in [7, 11) is 0. The van der Waals surface area contributed by atoms with Gasteiger partial charge in [0.2, 0.25) is 0 Å². The molecule has 198 valence electrons. The number of hydrogen-bond acceptors (Lipinski definition) is 2. The second kappa shape index (κ2) is 17.4. The van der Waals surface area contributed by atoms with Crippen LogP contribution < -0.4 is 0 Å². The first-order valence-electron chi connectivity index (χ1n) is 12.9. The molecule has 0 aliphatic heterocycles. The molecule has 0 heterocycles. The van der Waals surface area contributed by atoms with E-state index in [2.05, 4.69) is 81.4 Å². The molecule has 0 saturated heterocycles. The third-order valence-corrected chi connectivity index (χ3v) is 6.76. The van der Waals surface area contributed by atoms with E-state index in [1.807, 2.05) is 36.4 Å². The van der Waals surface area contributed by atoms with E-state index in [4.69, 9.17) is 0 Å². The van der Waals surface area contributed by atoms with E-state index < -0.39 is 0 Å². The van der Waals surface area contributed by atoms with Crippen molar-refractivity contribution in [3.8, 4) is 11.5 Å². The van der Waals surface area contributed by atoms with Crippen molar-refractivity contribution in [2.75, 3.05) is 0 Å². The number of allylic oxidation sites excluding steroid dienone is 8. The maximum absolute atomic E-state index is 9.28. The molecule has 0 fully saturated rings. The molecule has 4 rings (SSSR count). The molecule has 0 amide bonds. The van der Waals surface area contributed by atoms with Crippen LogP contribution in [0, 0.1) is 12.2 Å². The van der Waals surface area contributed by atoms with E-state index >= 15 is 0 Å². The second-order valence-electron chi connectivity index (χ2n) is 10.2. The number of para-hydroxylation sites is 2. The van der Waals surface area contributed by atoms with Crippen molar-refractivity contribution < 1.29 is 36.4 Å². The largest absolute Gasteiger partial charge is 2.00 e. The van der Waals surface area contributed by atoms with E-state index in [0.29, 0.717) is 23.3 Å². The maximum Gasteiger partial charge on any atom is 2.00 e. The van der Waals surface area contributed by atoms with E-state index in [9.17, 15) is 10.2 Å². The van der Waals surface area contributed by atoms with Gasteiger partial charge in [-0.3, -0.25) is 12.2 Å². The molecule has 0 aromatic heterocycles. The van der Waals surface area contributed by atoms with Crippen LogP contribution in [0.5, 0.6) is 11.5 Å². The summed E-state index contributed by atoms with van der Waals surface area (Å²) in [5.74, 6) is 1.61. The minimum atomic E-state index is 0. The third-order valence-electron chi connectivity index (χ3n) is 6.76. The molecular weight excluding hydrogens is 532 g/mol. The van der Waals surface area contributed by atoms with Crippen LogP contribution in [0.25, 0.3) is 0 Å². The van der Waals surface area contributed by atoms with E-state index in [1.165, 1.54) is 33.4 Å². The average molecular weight is 578 g/mol. The summed E-state index contributed by atoms with van der Waals surface area (Å²) in [6.45, 7) is 21.1. The summed E-state index contributed by atoms with van der Waals surface area (Å²) < 4.78 is 0. The average Bonchev–Trinajstić information content (AvgIpc) is 3.30. The van der Waals surface area contributed by atoms with Gasteiger partial charge in [-0.25, -0.2) is 11.1 Å². The zero-order chi connectivity index (χ0) is 27.4. The van der Waals surface area contributed by atoms with E-state index in [0.717, 1.165) is 24.0 Å². The Hall–Kier alpha value is -2.12. The number of phenols is 2. The smallest absolute Gasteiger partial charge is 0.508 e. The Balaban J connectivity index is 0.000000465. The number of benzene rings is 2. The van der Waals surface area contributed by atoms with Crippen LogP contribution in [-0.4, -0.2) is 10.2 Å². The number of phenolic OH excluding ortho intramolecular Hbond substituents is 2. The minimum absolute atomic E-state index is 0. The van der Waals surface area contributed by atoms with Gasteiger partial charge in [-0.05, 0) is 35.1 Å². The summed E-state index contributed by atoms with van der Waals surface area (Å²) in [5, 5.41) is 18.6. The maximum atomic E-state index is 9.28. The topological polar surface area (TPSA) is 40.5 Å². The normalized spacial score (nSPS) is 14.1. The third kappa shape index (κ3) is 11.9. The first-order valence-corrected chi connectivity index (χ1v) is 12.9. The first-order chi connectivity index (χ1) is 16.9. The van der Waals surface area contributed by atoms with E-state index in [-0.39, 0.29) is 26.2 Å². The van der Waals surface area contributed by atoms with Crippen LogP contribution in [0.2, 0.25) is 0 Å². The van der Waals surface area contributed by atoms with Crippen molar-refractivity contribution in [2.45, 2.75) is 93.9 Å². The molecule has 0 atom stereocenters. The van der Waals surface area contributed by atoms with Crippen LogP contribution in [0.3, 0.4) is 0 Å². The molecule has 37 heavy (non-hydrogen) atoms. The Morgan fingerprint density at radius 3 is 1.00 bits per heavy atom. The Kier molecular flexibility index (Phi) is 16.4. The van der Waals surface area contributed by atoms with Crippen molar-refractivity contribution in [1.29, 1.82) is 0 Å². The molecule has 0 saturated carbocycles. The van der Waals surface area contributed by atoms with Gasteiger partial charge in [0, 0.05) is 0 Å². The quantitative estimate of drug-likeness (QED) is 0.349. The van der Waals surface area contributed by atoms with Gasteiger partial charge in [-0.15, -0.1) is 26.7 Å². The molecule has 2 aromatic carbocycles. The van der Waals surface area contributed by atoms with E-state index in [1.54, 1.807) is 12.1 Å². The Labute approximate surface area is 246 Å². The fourth-order valence-electron chi connectivity index (χ4n) is 3.65. The minimum Gasteiger partial charge on any atom is -0.508 e. The monoisotopic (exact) mass is 576 g/mol. The Morgan fingerprint density at radius 2 is 0.865 bits per heavy atom. The number of rotatable bonds is 2. The molecule has 2 nitrogen and oxygen atoms in total. The van der Waals surface area contributed by atoms with Gasteiger partial charge in [-0.1, -0.05) is 91.8 Å². The number of aromatic hydroxyl groups is 2. The standard InChI is InChI=1S/2C9H12O.2C8H11.Zr/c2*1-7(2)8-5-3-4-6-9(8)10;2*1-6-4-5-7(2)8(6)3;/h2*3-7,10H,1-2H3;2*4H2,1-3H3;/q;;2*-1;+2. The molecule has 2 aromatic rings. The molecule has 0 spiro atoms. The van der Waals surface area contributed by atoms with Crippen LogP contribution in [0.4, 0.5) is 0 Å². The van der Waals surface area contributed by atoms with Crippen molar-refractivity contribution >= 4 is 0 Å². The van der Waals surface area contributed by atoms with Gasteiger partial charge in [0.1, 0.15) is 11.5 Å². The predicted octanol–water partition coefficient (Wildman–Crippen LogP) is 9.98. The molecule has 2 aliphatic rings. The van der Waals surface area contributed by atoms with Gasteiger partial charge < -0.3 is 10.2 Å². The Morgan fingerprint density at radius 1 is 0.568 bits per heavy atom. The Bertz CT molecular complexity index is 1010. The molecule has 2 aliphatic carbocycles. The van der Waals surface area contributed by atoms with Crippen LogP contribution in [0.15, 0.2) is 82.0 Å². The van der Waals surface area contributed by atoms with Gasteiger partial charge in [0.05, 0.1) is 0 Å². The van der Waals surface area contributed by atoms with Crippen molar-refractivity contribution in [2.24, 2.45) is 0 Å². The van der Waals surface area contributed by atoms with Crippen molar-refractivity contribution in [1.82, 2.24) is 0 Å². The molecule has 2 N–H and O–H groups in total. The van der Waals surface area contributed by atoms with Crippen LogP contribution in [0.1, 0.15) is 105 Å². The van der Waals surface area contributed by atoms with Gasteiger partial charge >= 0.3 is 26.2 Å². The van der Waals surface area contributed by atoms with Crippen molar-refractivity contribution in [3.05, 3.63) is 105 Å². The van der Waals surface area contributed by atoms with Gasteiger partial charge in [0.25, 0.3) is 0 Å². The van der Waals surface area contributed by atoms with Gasteiger partial charge in [0.15, 0.2) is 0 Å². The zero-order valence-electron chi connectivity index (χ0n) is 24.6. The summed E-state index contributed by atoms with van der Waals surface area (Å²) >= 11 is 0. The van der Waals surface area contributed by atoms with Crippen LogP contribution >= 0.6 is 0 Å². The fourth-order valence-corrected chi connectivity index (χ4v) is 3.65. The first kappa shape index (κ1) is 34.9. The van der Waals surface area contributed by atoms with Gasteiger partial charge in [-0.2, -0.15) is 22.3 Å². The zero-order valence-corrected chi connectivity index (χ0v) is 27.0. The molecule has 0 radical (unpaired) electrons. The molecule has 3 heteroatoms. The summed E-state index contributed by atoms with van der Waals surface area (Å²) in [6, 6.07) is 14.9. The second-order valence-corrected chi connectivity index (χ2v) is 10.2. The van der Waals surface area contributed by atoms with Crippen LogP contribution in [-0.2, 0) is 26.2 Å². The summed E-state index contributed by atoms with van der Waals surface area (Å²) in [4.78, 5) is 0.